The molecule has 2 N–H and O–H groups in total. The van der Waals surface area contributed by atoms with Gasteiger partial charge >= 0.3 is 0 Å². The molecule has 1 unspecified atom stereocenters. The minimum absolute atomic E-state index is 0.182. The average molecular weight is 349 g/mol. The zero-order chi connectivity index (χ0) is 18.1. The Morgan fingerprint density at radius 1 is 1.19 bits per heavy atom. The second kappa shape index (κ2) is 6.75. The van der Waals surface area contributed by atoms with E-state index in [0.717, 1.165) is 36.1 Å². The van der Waals surface area contributed by atoms with Crippen molar-refractivity contribution in [2.45, 2.75) is 32.1 Å². The summed E-state index contributed by atoms with van der Waals surface area (Å²) < 4.78 is 14.6. The molecule has 2 aromatic carbocycles. The number of benzene rings is 2. The van der Waals surface area contributed by atoms with Gasteiger partial charge in [-0.3, -0.25) is 9.89 Å². The Kier molecular flexibility index (Phi) is 4.29. The van der Waals surface area contributed by atoms with Gasteiger partial charge in [0.2, 0.25) is 5.91 Å². The van der Waals surface area contributed by atoms with Crippen molar-refractivity contribution >= 4 is 11.7 Å². The van der Waals surface area contributed by atoms with E-state index in [0.29, 0.717) is 16.9 Å². The maximum atomic E-state index is 14.6. The molecule has 4 rings (SSSR count). The van der Waals surface area contributed by atoms with Crippen molar-refractivity contribution < 1.29 is 9.18 Å². The highest BCUT2D eigenvalue weighted by Crippen LogP contribution is 2.29. The zero-order valence-electron chi connectivity index (χ0n) is 14.6. The zero-order valence-corrected chi connectivity index (χ0v) is 14.6. The van der Waals surface area contributed by atoms with Gasteiger partial charge in [0.25, 0.3) is 0 Å². The van der Waals surface area contributed by atoms with E-state index < -0.39 is 5.92 Å². The third-order valence-corrected chi connectivity index (χ3v) is 5.02. The summed E-state index contributed by atoms with van der Waals surface area (Å²) in [5.74, 6) is -0.370. The van der Waals surface area contributed by atoms with Crippen molar-refractivity contribution in [1.29, 1.82) is 0 Å². The first-order valence-corrected chi connectivity index (χ1v) is 8.85. The topological polar surface area (TPSA) is 57.8 Å². The van der Waals surface area contributed by atoms with E-state index >= 15 is 0 Å². The number of halogens is 1. The molecule has 0 bridgehead atoms. The lowest BCUT2D eigenvalue weighted by molar-refractivity contribution is -0.117. The normalized spacial score (nSPS) is 14.1. The smallest absolute Gasteiger partial charge is 0.232 e. The molecule has 0 spiro atoms. The largest absolute Gasteiger partial charge is 0.308 e. The summed E-state index contributed by atoms with van der Waals surface area (Å²) in [5, 5.41) is 10.1. The van der Waals surface area contributed by atoms with Crippen molar-refractivity contribution in [2.75, 3.05) is 5.32 Å². The third-order valence-electron chi connectivity index (χ3n) is 5.02. The fourth-order valence-electron chi connectivity index (χ4n) is 3.45. The number of aryl methyl sites for hydroxylation is 1. The van der Waals surface area contributed by atoms with Crippen LogP contribution in [0.1, 0.15) is 36.1 Å². The van der Waals surface area contributed by atoms with Crippen molar-refractivity contribution in [3.05, 3.63) is 71.2 Å². The number of nitrogens with one attached hydrogen (secondary N) is 2. The lowest BCUT2D eigenvalue weighted by Gasteiger charge is -2.13. The maximum absolute atomic E-state index is 14.6. The number of nitrogens with zero attached hydrogens (tertiary/aromatic N) is 1. The van der Waals surface area contributed by atoms with E-state index in [2.05, 4.69) is 15.5 Å². The van der Waals surface area contributed by atoms with Crippen LogP contribution in [0.2, 0.25) is 0 Å². The van der Waals surface area contributed by atoms with E-state index in [-0.39, 0.29) is 11.7 Å². The van der Waals surface area contributed by atoms with Crippen LogP contribution in [0.5, 0.6) is 0 Å². The highest BCUT2D eigenvalue weighted by atomic mass is 19.1. The molecule has 1 heterocycles. The molecular formula is C21H20FN3O. The molecule has 1 aliphatic rings. The van der Waals surface area contributed by atoms with Crippen molar-refractivity contribution in [1.82, 2.24) is 10.2 Å². The lowest BCUT2D eigenvalue weighted by atomic mass is 9.96. The molecule has 26 heavy (non-hydrogen) atoms. The fraction of sp³-hybridized carbons (Fsp3) is 0.238. The standard InChI is InChI=1S/C21H20FN3O/c1-13(21(26)23-20-17-8-5-9-19(17)24-25-20)15-10-11-16(18(22)12-15)14-6-3-2-4-7-14/h2-4,6-7,10-13H,5,8-9H2,1H3,(H2,23,24,25,26). The van der Waals surface area contributed by atoms with Gasteiger partial charge in [0, 0.05) is 16.8 Å². The molecule has 4 nitrogen and oxygen atoms in total. The van der Waals surface area contributed by atoms with Crippen LogP contribution in [0.3, 0.4) is 0 Å². The van der Waals surface area contributed by atoms with E-state index in [9.17, 15) is 9.18 Å². The third kappa shape index (κ3) is 3.01. The van der Waals surface area contributed by atoms with Gasteiger partial charge in [0.05, 0.1) is 5.92 Å². The molecule has 1 aliphatic carbocycles. The number of H-pyrrole nitrogens is 1. The number of fused-ring (bicyclic) bond motifs is 1. The summed E-state index contributed by atoms with van der Waals surface area (Å²) in [7, 11) is 0. The van der Waals surface area contributed by atoms with Crippen LogP contribution in [0.25, 0.3) is 11.1 Å². The first-order chi connectivity index (χ1) is 12.6. The van der Waals surface area contributed by atoms with Crippen LogP contribution in [0.4, 0.5) is 10.2 Å². The van der Waals surface area contributed by atoms with Crippen LogP contribution in [0, 0.1) is 5.82 Å². The van der Waals surface area contributed by atoms with Gasteiger partial charge in [-0.15, -0.1) is 0 Å². The number of aromatic amines is 1. The van der Waals surface area contributed by atoms with Crippen LogP contribution < -0.4 is 5.32 Å². The Hall–Kier alpha value is -2.95. The monoisotopic (exact) mass is 349 g/mol. The Bertz CT molecular complexity index is 949. The van der Waals surface area contributed by atoms with Gasteiger partial charge in [0.1, 0.15) is 5.82 Å². The molecule has 3 aromatic rings. The lowest BCUT2D eigenvalue weighted by Crippen LogP contribution is -2.20. The summed E-state index contributed by atoms with van der Waals surface area (Å²) in [6.07, 6.45) is 2.98. The van der Waals surface area contributed by atoms with Crippen LogP contribution in [-0.4, -0.2) is 16.1 Å². The van der Waals surface area contributed by atoms with Gasteiger partial charge in [-0.25, -0.2) is 4.39 Å². The van der Waals surface area contributed by atoms with Gasteiger partial charge in [-0.05, 0) is 43.4 Å². The van der Waals surface area contributed by atoms with E-state index in [4.69, 9.17) is 0 Å². The van der Waals surface area contributed by atoms with Crippen molar-refractivity contribution in [3.8, 4) is 11.1 Å². The Labute approximate surface area is 151 Å². The first-order valence-electron chi connectivity index (χ1n) is 8.85. The second-order valence-electron chi connectivity index (χ2n) is 6.70. The van der Waals surface area contributed by atoms with E-state index in [1.165, 1.54) is 6.07 Å². The van der Waals surface area contributed by atoms with Crippen molar-refractivity contribution in [3.63, 3.8) is 0 Å². The molecule has 0 fully saturated rings. The number of carbonyl (C=O) groups excluding carboxylic acids is 1. The molecule has 1 amide bonds. The molecule has 0 saturated heterocycles. The van der Waals surface area contributed by atoms with Gasteiger partial charge in [-0.1, -0.05) is 42.5 Å². The molecule has 0 aliphatic heterocycles. The van der Waals surface area contributed by atoms with E-state index in [1.807, 2.05) is 36.4 Å². The summed E-state index contributed by atoms with van der Waals surface area (Å²) in [6.45, 7) is 1.78. The molecular weight excluding hydrogens is 329 g/mol. The van der Waals surface area contributed by atoms with Gasteiger partial charge in [-0.2, -0.15) is 5.10 Å². The Morgan fingerprint density at radius 3 is 2.77 bits per heavy atom. The summed E-state index contributed by atoms with van der Waals surface area (Å²) in [5.41, 5.74) is 4.20. The molecule has 5 heteroatoms. The molecule has 0 radical (unpaired) electrons. The Morgan fingerprint density at radius 2 is 2.00 bits per heavy atom. The van der Waals surface area contributed by atoms with Gasteiger partial charge < -0.3 is 5.32 Å². The molecule has 1 aromatic heterocycles. The first kappa shape index (κ1) is 16.5. The average Bonchev–Trinajstić information content (AvgIpc) is 3.27. The SMILES string of the molecule is CC(C(=O)Nc1n[nH]c2c1CCC2)c1ccc(-c2ccccc2)c(F)c1. The number of rotatable bonds is 4. The second-order valence-corrected chi connectivity index (χ2v) is 6.70. The highest BCUT2D eigenvalue weighted by Gasteiger charge is 2.23. The number of amides is 1. The quantitative estimate of drug-likeness (QED) is 0.731. The number of anilines is 1. The minimum Gasteiger partial charge on any atom is -0.308 e. The van der Waals surface area contributed by atoms with Crippen LogP contribution >= 0.6 is 0 Å². The fourth-order valence-corrected chi connectivity index (χ4v) is 3.45. The molecule has 1 atom stereocenters. The predicted molar refractivity (Wildman–Crippen MR) is 99.5 cm³/mol. The summed E-state index contributed by atoms with van der Waals surface area (Å²) >= 11 is 0. The number of carbonyl (C=O) groups is 1. The molecule has 0 saturated carbocycles. The van der Waals surface area contributed by atoms with Crippen LogP contribution in [-0.2, 0) is 17.6 Å². The summed E-state index contributed by atoms with van der Waals surface area (Å²) in [4.78, 5) is 12.6. The van der Waals surface area contributed by atoms with Crippen molar-refractivity contribution in [2.24, 2.45) is 0 Å². The number of hydrogen-bond donors (Lipinski definition) is 2. The predicted octanol–water partition coefficient (Wildman–Crippen LogP) is 4.45. The maximum Gasteiger partial charge on any atom is 0.232 e. The molecule has 132 valence electrons. The highest BCUT2D eigenvalue weighted by molar-refractivity contribution is 5.95. The number of hydrogen-bond acceptors (Lipinski definition) is 2. The van der Waals surface area contributed by atoms with Crippen LogP contribution in [0.15, 0.2) is 48.5 Å². The summed E-state index contributed by atoms with van der Waals surface area (Å²) in [6, 6.07) is 14.4. The Balaban J connectivity index is 1.53. The van der Waals surface area contributed by atoms with Gasteiger partial charge in [0.15, 0.2) is 5.82 Å². The number of aromatic nitrogens is 2. The van der Waals surface area contributed by atoms with E-state index in [1.54, 1.807) is 13.0 Å². The minimum atomic E-state index is -0.469.